The molecule has 1 aromatic carbocycles. The molecule has 0 aliphatic rings. The predicted octanol–water partition coefficient (Wildman–Crippen LogP) is 3.11. The fraction of sp³-hybridized carbons (Fsp3) is 0.400. The second-order valence-corrected chi connectivity index (χ2v) is 4.63. The Morgan fingerprint density at radius 2 is 2.07 bits per heavy atom. The highest BCUT2D eigenvalue weighted by Crippen LogP contribution is 2.22. The van der Waals surface area contributed by atoms with E-state index in [-0.39, 0.29) is 12.0 Å². The number of nitrogens with two attached hydrogens (primary N) is 1. The molecule has 0 saturated carbocycles. The second kappa shape index (κ2) is 4.53. The molecule has 2 N–H and O–H groups in total. The minimum absolute atomic E-state index is 0.190. The molecule has 0 spiro atoms. The van der Waals surface area contributed by atoms with Crippen molar-refractivity contribution in [3.05, 3.63) is 34.1 Å². The van der Waals surface area contributed by atoms with Gasteiger partial charge in [0.1, 0.15) is 5.82 Å². The van der Waals surface area contributed by atoms with Gasteiger partial charge in [0, 0.05) is 4.47 Å². The average molecular weight is 282 g/mol. The minimum Gasteiger partial charge on any atom is -0.320 e. The number of halogens is 4. The SMILES string of the molecule is CC(N)(Cc1cc(Br)ccc1F)C(F)F. The summed E-state index contributed by atoms with van der Waals surface area (Å²) in [5, 5.41) is 0. The average Bonchev–Trinajstić information content (AvgIpc) is 2.10. The zero-order chi connectivity index (χ0) is 11.6. The molecule has 0 saturated heterocycles. The van der Waals surface area contributed by atoms with Crippen molar-refractivity contribution in [1.29, 1.82) is 0 Å². The van der Waals surface area contributed by atoms with Crippen LogP contribution in [0.5, 0.6) is 0 Å². The maximum atomic E-state index is 13.2. The summed E-state index contributed by atoms with van der Waals surface area (Å²) >= 11 is 3.15. The molecule has 1 nitrogen and oxygen atoms in total. The van der Waals surface area contributed by atoms with Crippen molar-refractivity contribution < 1.29 is 13.2 Å². The topological polar surface area (TPSA) is 26.0 Å². The third-order valence-electron chi connectivity index (χ3n) is 2.08. The summed E-state index contributed by atoms with van der Waals surface area (Å²) in [5.74, 6) is -0.518. The van der Waals surface area contributed by atoms with Gasteiger partial charge in [0.25, 0.3) is 6.43 Å². The minimum atomic E-state index is -2.68. The Kier molecular flexibility index (Phi) is 3.78. The molecular weight excluding hydrogens is 271 g/mol. The summed E-state index contributed by atoms with van der Waals surface area (Å²) < 4.78 is 38.8. The maximum Gasteiger partial charge on any atom is 0.256 e. The molecule has 0 aromatic heterocycles. The van der Waals surface area contributed by atoms with E-state index in [4.69, 9.17) is 5.73 Å². The molecule has 0 bridgehead atoms. The number of alkyl halides is 2. The summed E-state index contributed by atoms with van der Waals surface area (Å²) in [6, 6.07) is 4.19. The first-order valence-electron chi connectivity index (χ1n) is 4.34. The van der Waals surface area contributed by atoms with Gasteiger partial charge in [0.2, 0.25) is 0 Å². The van der Waals surface area contributed by atoms with Crippen LogP contribution in [0, 0.1) is 5.82 Å². The molecule has 15 heavy (non-hydrogen) atoms. The van der Waals surface area contributed by atoms with Gasteiger partial charge in [0.15, 0.2) is 0 Å². The molecule has 0 fully saturated rings. The first kappa shape index (κ1) is 12.5. The Labute approximate surface area is 94.6 Å². The highest BCUT2D eigenvalue weighted by molar-refractivity contribution is 9.10. The van der Waals surface area contributed by atoms with Crippen LogP contribution in [0.1, 0.15) is 12.5 Å². The third-order valence-corrected chi connectivity index (χ3v) is 2.57. The lowest BCUT2D eigenvalue weighted by Crippen LogP contribution is -2.46. The smallest absolute Gasteiger partial charge is 0.256 e. The molecular formula is C10H11BrF3N. The van der Waals surface area contributed by atoms with Crippen molar-refractivity contribution in [3.8, 4) is 0 Å². The van der Waals surface area contributed by atoms with Crippen LogP contribution in [-0.2, 0) is 6.42 Å². The van der Waals surface area contributed by atoms with Gasteiger partial charge < -0.3 is 5.73 Å². The van der Waals surface area contributed by atoms with E-state index in [1.54, 1.807) is 0 Å². The summed E-state index contributed by atoms with van der Waals surface area (Å²) in [6.45, 7) is 1.21. The van der Waals surface area contributed by atoms with E-state index in [1.165, 1.54) is 25.1 Å². The van der Waals surface area contributed by atoms with Crippen LogP contribution in [-0.4, -0.2) is 12.0 Å². The van der Waals surface area contributed by atoms with Crippen molar-refractivity contribution in [1.82, 2.24) is 0 Å². The molecule has 0 heterocycles. The van der Waals surface area contributed by atoms with E-state index >= 15 is 0 Å². The predicted molar refractivity (Wildman–Crippen MR) is 56.4 cm³/mol. The molecule has 0 aliphatic carbocycles. The van der Waals surface area contributed by atoms with Gasteiger partial charge in [-0.2, -0.15) is 0 Å². The van der Waals surface area contributed by atoms with Gasteiger partial charge in [-0.25, -0.2) is 13.2 Å². The number of hydrogen-bond donors (Lipinski definition) is 1. The Balaban J connectivity index is 2.94. The first-order valence-corrected chi connectivity index (χ1v) is 5.13. The van der Waals surface area contributed by atoms with E-state index in [9.17, 15) is 13.2 Å². The summed E-state index contributed by atoms with van der Waals surface area (Å²) in [4.78, 5) is 0. The van der Waals surface area contributed by atoms with Crippen LogP contribution in [0.3, 0.4) is 0 Å². The van der Waals surface area contributed by atoms with Crippen molar-refractivity contribution in [3.63, 3.8) is 0 Å². The van der Waals surface area contributed by atoms with Crippen LogP contribution >= 0.6 is 15.9 Å². The molecule has 0 amide bonds. The van der Waals surface area contributed by atoms with E-state index in [0.717, 1.165) is 0 Å². The largest absolute Gasteiger partial charge is 0.320 e. The summed E-state index contributed by atoms with van der Waals surface area (Å²) in [5.41, 5.74) is 3.86. The van der Waals surface area contributed by atoms with Crippen molar-refractivity contribution in [2.75, 3.05) is 0 Å². The van der Waals surface area contributed by atoms with Gasteiger partial charge in [-0.05, 0) is 37.1 Å². The summed E-state index contributed by atoms with van der Waals surface area (Å²) in [6.07, 6.45) is -2.88. The fourth-order valence-corrected chi connectivity index (χ4v) is 1.57. The van der Waals surface area contributed by atoms with Crippen LogP contribution in [0.15, 0.2) is 22.7 Å². The lowest BCUT2D eigenvalue weighted by atomic mass is 9.94. The normalized spacial score (nSPS) is 15.4. The lowest BCUT2D eigenvalue weighted by Gasteiger charge is -2.23. The third kappa shape index (κ3) is 3.21. The highest BCUT2D eigenvalue weighted by Gasteiger charge is 2.31. The standard InChI is InChI=1S/C10H11BrF3N/c1-10(15,9(13)14)5-6-4-7(11)2-3-8(6)12/h2-4,9H,5,15H2,1H3. The molecule has 1 unspecified atom stereocenters. The Morgan fingerprint density at radius 1 is 1.47 bits per heavy atom. The number of benzene rings is 1. The number of hydrogen-bond acceptors (Lipinski definition) is 1. The monoisotopic (exact) mass is 281 g/mol. The van der Waals surface area contributed by atoms with Crippen molar-refractivity contribution in [2.24, 2.45) is 5.73 Å². The molecule has 0 aliphatic heterocycles. The Bertz CT molecular complexity index is 353. The molecule has 84 valence electrons. The van der Waals surface area contributed by atoms with E-state index < -0.39 is 17.8 Å². The summed E-state index contributed by atoms with van der Waals surface area (Å²) in [7, 11) is 0. The molecule has 5 heteroatoms. The van der Waals surface area contributed by atoms with Gasteiger partial charge in [-0.1, -0.05) is 15.9 Å². The van der Waals surface area contributed by atoms with E-state index in [2.05, 4.69) is 15.9 Å². The zero-order valence-electron chi connectivity index (χ0n) is 8.11. The maximum absolute atomic E-state index is 13.2. The van der Waals surface area contributed by atoms with Gasteiger partial charge in [-0.15, -0.1) is 0 Å². The quantitative estimate of drug-likeness (QED) is 0.905. The molecule has 0 radical (unpaired) electrons. The van der Waals surface area contributed by atoms with Crippen LogP contribution < -0.4 is 5.73 Å². The van der Waals surface area contributed by atoms with Gasteiger partial charge >= 0.3 is 0 Å². The van der Waals surface area contributed by atoms with Crippen LogP contribution in [0.4, 0.5) is 13.2 Å². The van der Waals surface area contributed by atoms with Crippen molar-refractivity contribution in [2.45, 2.75) is 25.3 Å². The fourth-order valence-electron chi connectivity index (χ4n) is 1.17. The molecule has 1 rings (SSSR count). The van der Waals surface area contributed by atoms with E-state index in [1.807, 2.05) is 0 Å². The number of rotatable bonds is 3. The van der Waals surface area contributed by atoms with Crippen LogP contribution in [0.25, 0.3) is 0 Å². The first-order chi connectivity index (χ1) is 6.83. The van der Waals surface area contributed by atoms with Crippen molar-refractivity contribution >= 4 is 15.9 Å². The zero-order valence-corrected chi connectivity index (χ0v) is 9.69. The van der Waals surface area contributed by atoms with Gasteiger partial charge in [-0.3, -0.25) is 0 Å². The lowest BCUT2D eigenvalue weighted by molar-refractivity contribution is 0.0635. The molecule has 1 aromatic rings. The van der Waals surface area contributed by atoms with E-state index in [0.29, 0.717) is 4.47 Å². The van der Waals surface area contributed by atoms with Gasteiger partial charge in [0.05, 0.1) is 5.54 Å². The highest BCUT2D eigenvalue weighted by atomic mass is 79.9. The molecule has 1 atom stereocenters. The van der Waals surface area contributed by atoms with Crippen LogP contribution in [0.2, 0.25) is 0 Å². The second-order valence-electron chi connectivity index (χ2n) is 3.72. The Hall–Kier alpha value is -0.550. The Morgan fingerprint density at radius 3 is 2.60 bits per heavy atom.